The fraction of sp³-hybridized carbons (Fsp3) is 0.600. The van der Waals surface area contributed by atoms with Gasteiger partial charge in [-0.3, -0.25) is 0 Å². The van der Waals surface area contributed by atoms with Crippen LogP contribution >= 0.6 is 0 Å². The van der Waals surface area contributed by atoms with Gasteiger partial charge in [-0.2, -0.15) is 0 Å². The molecule has 2 rings (SSSR count). The molecule has 1 saturated heterocycles. The van der Waals surface area contributed by atoms with Crippen LogP contribution in [0.15, 0.2) is 24.3 Å². The molecule has 1 N–H and O–H groups in total. The lowest BCUT2D eigenvalue weighted by Crippen LogP contribution is -2.37. The van der Waals surface area contributed by atoms with Gasteiger partial charge in [-0.05, 0) is 48.4 Å². The summed E-state index contributed by atoms with van der Waals surface area (Å²) in [5.41, 5.74) is 3.35. The van der Waals surface area contributed by atoms with E-state index in [-0.39, 0.29) is 0 Å². The molecule has 0 radical (unpaired) electrons. The molecule has 1 aliphatic heterocycles. The summed E-state index contributed by atoms with van der Waals surface area (Å²) in [6, 6.07) is 9.27. The van der Waals surface area contributed by atoms with Crippen molar-refractivity contribution in [3.63, 3.8) is 0 Å². The summed E-state index contributed by atoms with van der Waals surface area (Å²) in [5, 5.41) is 3.44. The van der Waals surface area contributed by atoms with E-state index >= 15 is 0 Å². The lowest BCUT2D eigenvalue weighted by molar-refractivity contribution is 0.335. The maximum Gasteiger partial charge on any atom is -0.00405 e. The molecule has 0 aliphatic carbocycles. The van der Waals surface area contributed by atoms with Crippen molar-refractivity contribution in [3.8, 4) is 0 Å². The third kappa shape index (κ3) is 2.30. The quantitative estimate of drug-likeness (QED) is 0.800. The van der Waals surface area contributed by atoms with Crippen LogP contribution in [-0.4, -0.2) is 13.1 Å². The molecule has 1 heteroatoms. The van der Waals surface area contributed by atoms with Gasteiger partial charge in [0.15, 0.2) is 0 Å². The third-order valence-electron chi connectivity index (χ3n) is 3.98. The molecule has 1 nitrogen and oxygen atoms in total. The highest BCUT2D eigenvalue weighted by molar-refractivity contribution is 5.30. The maximum atomic E-state index is 3.44. The van der Waals surface area contributed by atoms with Crippen LogP contribution in [0, 0.1) is 0 Å². The number of piperidine rings is 1. The van der Waals surface area contributed by atoms with E-state index < -0.39 is 0 Å². The van der Waals surface area contributed by atoms with Gasteiger partial charge < -0.3 is 5.32 Å². The van der Waals surface area contributed by atoms with Crippen molar-refractivity contribution in [2.24, 2.45) is 0 Å². The second-order valence-corrected chi connectivity index (χ2v) is 5.59. The van der Waals surface area contributed by atoms with Crippen LogP contribution in [0.4, 0.5) is 0 Å². The van der Waals surface area contributed by atoms with Crippen molar-refractivity contribution in [2.75, 3.05) is 13.1 Å². The summed E-state index contributed by atoms with van der Waals surface area (Å²) in [7, 11) is 0. The molecular weight excluding hydrogens is 194 g/mol. The Morgan fingerprint density at radius 1 is 1.06 bits per heavy atom. The van der Waals surface area contributed by atoms with Gasteiger partial charge in [0.2, 0.25) is 0 Å². The van der Waals surface area contributed by atoms with Crippen molar-refractivity contribution >= 4 is 0 Å². The van der Waals surface area contributed by atoms with Crippen LogP contribution in [0.25, 0.3) is 0 Å². The second-order valence-electron chi connectivity index (χ2n) is 5.59. The molecule has 0 bridgehead atoms. The average molecular weight is 217 g/mol. The lowest BCUT2D eigenvalue weighted by Gasteiger charge is -2.34. The van der Waals surface area contributed by atoms with Crippen molar-refractivity contribution in [1.82, 2.24) is 5.32 Å². The molecule has 0 saturated carbocycles. The predicted octanol–water partition coefficient (Wildman–Crippen LogP) is 3.45. The van der Waals surface area contributed by atoms with Gasteiger partial charge in [-0.15, -0.1) is 0 Å². The van der Waals surface area contributed by atoms with E-state index in [4.69, 9.17) is 0 Å². The number of nitrogens with one attached hydrogen (secondary N) is 1. The van der Waals surface area contributed by atoms with Gasteiger partial charge in [0.05, 0.1) is 0 Å². The number of hydrogen-bond donors (Lipinski definition) is 1. The van der Waals surface area contributed by atoms with Crippen molar-refractivity contribution in [3.05, 3.63) is 35.4 Å². The Balaban J connectivity index is 2.20. The molecule has 16 heavy (non-hydrogen) atoms. The van der Waals surface area contributed by atoms with E-state index in [1.807, 2.05) is 0 Å². The van der Waals surface area contributed by atoms with Crippen LogP contribution in [-0.2, 0) is 5.41 Å². The van der Waals surface area contributed by atoms with Crippen molar-refractivity contribution in [2.45, 2.75) is 44.9 Å². The largest absolute Gasteiger partial charge is 0.317 e. The fourth-order valence-electron chi connectivity index (χ4n) is 2.54. The number of hydrogen-bond acceptors (Lipinski definition) is 1. The van der Waals surface area contributed by atoms with Gasteiger partial charge in [-0.1, -0.05) is 45.0 Å². The normalized spacial score (nSPS) is 20.0. The molecule has 0 aromatic heterocycles. The Kier molecular flexibility index (Phi) is 3.34. The molecule has 0 atom stereocenters. The molecular formula is C15H23N. The molecule has 1 aromatic rings. The van der Waals surface area contributed by atoms with Gasteiger partial charge in [0.1, 0.15) is 0 Å². The monoisotopic (exact) mass is 217 g/mol. The van der Waals surface area contributed by atoms with Crippen LogP contribution in [0.1, 0.15) is 50.7 Å². The minimum absolute atomic E-state index is 0.390. The minimum atomic E-state index is 0.390. The highest BCUT2D eigenvalue weighted by atomic mass is 14.9. The summed E-state index contributed by atoms with van der Waals surface area (Å²) in [6.07, 6.45) is 2.52. The summed E-state index contributed by atoms with van der Waals surface area (Å²) < 4.78 is 0. The minimum Gasteiger partial charge on any atom is -0.317 e. The molecule has 88 valence electrons. The molecule has 1 fully saturated rings. The topological polar surface area (TPSA) is 12.0 Å². The highest BCUT2D eigenvalue weighted by Gasteiger charge is 2.28. The van der Waals surface area contributed by atoms with E-state index in [0.29, 0.717) is 11.3 Å². The van der Waals surface area contributed by atoms with E-state index in [0.717, 1.165) is 13.1 Å². The summed E-state index contributed by atoms with van der Waals surface area (Å²) in [5.74, 6) is 0.634. The molecule has 1 aromatic carbocycles. The first-order valence-electron chi connectivity index (χ1n) is 6.43. The zero-order valence-electron chi connectivity index (χ0n) is 10.7. The van der Waals surface area contributed by atoms with Crippen molar-refractivity contribution < 1.29 is 0 Å². The number of rotatable bonds is 2. The zero-order valence-corrected chi connectivity index (χ0v) is 10.7. The molecule has 0 spiro atoms. The Labute approximate surface area is 99.3 Å². The second kappa shape index (κ2) is 4.58. The smallest absolute Gasteiger partial charge is 0.00405 e. The van der Waals surface area contributed by atoms with Gasteiger partial charge in [0, 0.05) is 0 Å². The van der Waals surface area contributed by atoms with Crippen LogP contribution in [0.2, 0.25) is 0 Å². The fourth-order valence-corrected chi connectivity index (χ4v) is 2.54. The first-order valence-corrected chi connectivity index (χ1v) is 6.43. The number of benzene rings is 1. The molecule has 1 aliphatic rings. The van der Waals surface area contributed by atoms with Crippen LogP contribution < -0.4 is 5.32 Å². The standard InChI is InChI=1S/C15H23N/c1-12(2)13-4-6-14(7-5-13)15(3)8-10-16-11-9-15/h4-7,12,16H,8-11H2,1-3H3. The Hall–Kier alpha value is -0.820. The summed E-state index contributed by atoms with van der Waals surface area (Å²) in [6.45, 7) is 9.21. The molecule has 1 heterocycles. The van der Waals surface area contributed by atoms with Gasteiger partial charge in [-0.25, -0.2) is 0 Å². The zero-order chi connectivity index (χ0) is 11.6. The Morgan fingerprint density at radius 3 is 2.12 bits per heavy atom. The first-order chi connectivity index (χ1) is 7.62. The van der Waals surface area contributed by atoms with Gasteiger partial charge >= 0.3 is 0 Å². The molecule has 0 unspecified atom stereocenters. The van der Waals surface area contributed by atoms with Crippen LogP contribution in [0.3, 0.4) is 0 Å². The van der Waals surface area contributed by atoms with Crippen LogP contribution in [0.5, 0.6) is 0 Å². The van der Waals surface area contributed by atoms with E-state index in [1.165, 1.54) is 24.0 Å². The first kappa shape index (κ1) is 11.7. The third-order valence-corrected chi connectivity index (χ3v) is 3.98. The van der Waals surface area contributed by atoms with E-state index in [2.05, 4.69) is 50.4 Å². The predicted molar refractivity (Wildman–Crippen MR) is 70.0 cm³/mol. The van der Waals surface area contributed by atoms with E-state index in [9.17, 15) is 0 Å². The van der Waals surface area contributed by atoms with Gasteiger partial charge in [0.25, 0.3) is 0 Å². The maximum absolute atomic E-state index is 3.44. The Bertz CT molecular complexity index is 331. The lowest BCUT2D eigenvalue weighted by atomic mass is 9.75. The van der Waals surface area contributed by atoms with Crippen molar-refractivity contribution in [1.29, 1.82) is 0 Å². The van der Waals surface area contributed by atoms with E-state index in [1.54, 1.807) is 0 Å². The molecule has 0 amide bonds. The summed E-state index contributed by atoms with van der Waals surface area (Å²) in [4.78, 5) is 0. The SMILES string of the molecule is CC(C)c1ccc(C2(C)CCNCC2)cc1. The average Bonchev–Trinajstić information content (AvgIpc) is 2.30. The summed E-state index contributed by atoms with van der Waals surface area (Å²) >= 11 is 0. The highest BCUT2D eigenvalue weighted by Crippen LogP contribution is 2.33. The Morgan fingerprint density at radius 2 is 1.62 bits per heavy atom.